The zero-order chi connectivity index (χ0) is 19.6. The largest absolute Gasteiger partial charge is 0.415 e. The predicted octanol–water partition coefficient (Wildman–Crippen LogP) is 4.61. The number of rotatable bonds is 4. The molecule has 0 spiro atoms. The summed E-state index contributed by atoms with van der Waals surface area (Å²) in [5.74, 6) is 3.50. The van der Waals surface area contributed by atoms with Crippen molar-refractivity contribution >= 4 is 23.4 Å². The van der Waals surface area contributed by atoms with E-state index in [0.29, 0.717) is 5.22 Å². The highest BCUT2D eigenvalue weighted by Gasteiger charge is 2.54. The first-order valence-corrected chi connectivity index (χ1v) is 11.9. The number of thioether (sulfide) groups is 1. The molecule has 1 atom stereocenters. The number of hydrogen-bond acceptors (Lipinski definition) is 5. The fourth-order valence-corrected chi connectivity index (χ4v) is 7.58. The van der Waals surface area contributed by atoms with Crippen molar-refractivity contribution in [2.24, 2.45) is 17.8 Å². The van der Waals surface area contributed by atoms with E-state index < -0.39 is 0 Å². The minimum atomic E-state index is -0.245. The number of anilines is 1. The Balaban J connectivity index is 1.18. The van der Waals surface area contributed by atoms with Crippen molar-refractivity contribution in [1.82, 2.24) is 10.2 Å². The second-order valence-electron chi connectivity index (χ2n) is 9.70. The van der Waals surface area contributed by atoms with Gasteiger partial charge in [-0.3, -0.25) is 4.79 Å². The van der Waals surface area contributed by atoms with Crippen molar-refractivity contribution in [2.45, 2.75) is 67.8 Å². The van der Waals surface area contributed by atoms with Gasteiger partial charge in [0, 0.05) is 17.6 Å². The summed E-state index contributed by atoms with van der Waals surface area (Å²) < 4.78 is 6.19. The molecule has 29 heavy (non-hydrogen) atoms. The minimum Gasteiger partial charge on any atom is -0.415 e. The van der Waals surface area contributed by atoms with E-state index in [1.807, 2.05) is 30.0 Å². The lowest BCUT2D eigenvalue weighted by Gasteiger charge is -2.55. The van der Waals surface area contributed by atoms with Gasteiger partial charge in [-0.25, -0.2) is 0 Å². The number of carbonyl (C=O) groups excluding carboxylic acids is 1. The number of amides is 1. The van der Waals surface area contributed by atoms with Crippen LogP contribution in [0, 0.1) is 17.8 Å². The molecule has 2 heterocycles. The highest BCUT2D eigenvalue weighted by molar-refractivity contribution is 8.00. The van der Waals surface area contributed by atoms with Crippen molar-refractivity contribution in [2.75, 3.05) is 11.4 Å². The Hall–Kier alpha value is -1.82. The molecule has 1 aromatic carbocycles. The van der Waals surface area contributed by atoms with E-state index in [1.165, 1.54) is 55.9 Å². The molecule has 0 N–H and O–H groups in total. The molecule has 5 nitrogen and oxygen atoms in total. The Bertz CT molecular complexity index is 920. The van der Waals surface area contributed by atoms with Gasteiger partial charge in [0.15, 0.2) is 0 Å². The normalized spacial score (nSPS) is 33.1. The molecule has 0 saturated heterocycles. The van der Waals surface area contributed by atoms with Gasteiger partial charge in [-0.1, -0.05) is 30.0 Å². The third-order valence-electron chi connectivity index (χ3n) is 7.68. The van der Waals surface area contributed by atoms with E-state index in [0.717, 1.165) is 42.3 Å². The van der Waals surface area contributed by atoms with Gasteiger partial charge in [-0.2, -0.15) is 0 Å². The maximum atomic E-state index is 13.1. The molecule has 0 unspecified atom stereocenters. The van der Waals surface area contributed by atoms with Gasteiger partial charge in [-0.15, -0.1) is 10.2 Å². The molecule has 4 aliphatic carbocycles. The van der Waals surface area contributed by atoms with Crippen LogP contribution in [0.4, 0.5) is 5.69 Å². The number of aromatic nitrogens is 2. The molecule has 2 aromatic rings. The summed E-state index contributed by atoms with van der Waals surface area (Å²) in [5, 5.41) is 9.13. The molecule has 152 valence electrons. The standard InChI is InChI=1S/C23H27N3O2S/c1-14(20(27)26-7-6-18-4-2-3-5-19(18)26)29-22-25-24-21(28-22)23-11-15-8-16(12-23)10-17(9-15)13-23/h2-5,14-17H,6-13H2,1H3/t14-,15?,16?,17?,23?/m1/s1. The summed E-state index contributed by atoms with van der Waals surface area (Å²) in [6.45, 7) is 2.70. The molecule has 4 bridgehead atoms. The van der Waals surface area contributed by atoms with E-state index in [9.17, 15) is 4.79 Å². The van der Waals surface area contributed by atoms with E-state index in [1.54, 1.807) is 0 Å². The highest BCUT2D eigenvalue weighted by atomic mass is 32.2. The molecule has 7 rings (SSSR count). The van der Waals surface area contributed by atoms with Crippen LogP contribution >= 0.6 is 11.8 Å². The molecular formula is C23H27N3O2S. The average molecular weight is 410 g/mol. The van der Waals surface area contributed by atoms with E-state index >= 15 is 0 Å². The Morgan fingerprint density at radius 2 is 1.83 bits per heavy atom. The maximum absolute atomic E-state index is 13.1. The topological polar surface area (TPSA) is 59.2 Å². The van der Waals surface area contributed by atoms with Crippen LogP contribution in [-0.4, -0.2) is 27.9 Å². The van der Waals surface area contributed by atoms with Crippen molar-refractivity contribution in [3.63, 3.8) is 0 Å². The summed E-state index contributed by atoms with van der Waals surface area (Å²) in [6.07, 6.45) is 8.77. The zero-order valence-corrected chi connectivity index (χ0v) is 17.7. The van der Waals surface area contributed by atoms with Crippen LogP contribution in [0.15, 0.2) is 33.9 Å². The lowest BCUT2D eigenvalue weighted by atomic mass is 9.49. The van der Waals surface area contributed by atoms with Gasteiger partial charge in [-0.05, 0) is 81.3 Å². The minimum absolute atomic E-state index is 0.113. The van der Waals surface area contributed by atoms with Crippen molar-refractivity contribution < 1.29 is 9.21 Å². The molecule has 1 amide bonds. The van der Waals surface area contributed by atoms with Crippen LogP contribution in [0.25, 0.3) is 0 Å². The molecular weight excluding hydrogens is 382 g/mol. The third kappa shape index (κ3) is 2.94. The molecule has 6 heteroatoms. The zero-order valence-electron chi connectivity index (χ0n) is 16.8. The number of para-hydroxylation sites is 1. The number of benzene rings is 1. The van der Waals surface area contributed by atoms with Crippen molar-refractivity contribution in [3.8, 4) is 0 Å². The molecule has 5 aliphatic rings. The summed E-state index contributed by atoms with van der Waals surface area (Å²) in [5.41, 5.74) is 2.41. The number of hydrogen-bond donors (Lipinski definition) is 0. The highest BCUT2D eigenvalue weighted by Crippen LogP contribution is 2.60. The summed E-state index contributed by atoms with van der Waals surface area (Å²) >= 11 is 1.41. The maximum Gasteiger partial charge on any atom is 0.277 e. The van der Waals surface area contributed by atoms with Gasteiger partial charge in [0.1, 0.15) is 0 Å². The summed E-state index contributed by atoms with van der Waals surface area (Å²) in [6, 6.07) is 8.18. The van der Waals surface area contributed by atoms with E-state index in [-0.39, 0.29) is 16.6 Å². The van der Waals surface area contributed by atoms with Crippen LogP contribution in [0.2, 0.25) is 0 Å². The van der Waals surface area contributed by atoms with Crippen LogP contribution in [0.5, 0.6) is 0 Å². The van der Waals surface area contributed by atoms with Crippen LogP contribution < -0.4 is 4.90 Å². The summed E-state index contributed by atoms with van der Waals surface area (Å²) in [7, 11) is 0. The molecule has 4 fully saturated rings. The molecule has 4 saturated carbocycles. The number of nitrogens with zero attached hydrogens (tertiary/aromatic N) is 3. The average Bonchev–Trinajstić information content (AvgIpc) is 3.34. The smallest absolute Gasteiger partial charge is 0.277 e. The molecule has 1 aliphatic heterocycles. The van der Waals surface area contributed by atoms with Gasteiger partial charge in [0.25, 0.3) is 5.22 Å². The van der Waals surface area contributed by atoms with E-state index in [4.69, 9.17) is 4.42 Å². The Labute approximate surface area is 175 Å². The lowest BCUT2D eigenvalue weighted by molar-refractivity contribution is -0.117. The Morgan fingerprint density at radius 3 is 2.55 bits per heavy atom. The molecule has 0 radical (unpaired) electrons. The quantitative estimate of drug-likeness (QED) is 0.690. The SMILES string of the molecule is C[C@@H](Sc1nnc(C23CC4CC(CC(C4)C2)C3)o1)C(=O)N1CCc2ccccc21. The van der Waals surface area contributed by atoms with Gasteiger partial charge in [0.05, 0.1) is 5.25 Å². The number of carbonyl (C=O) groups is 1. The fourth-order valence-electron chi connectivity index (χ4n) is 6.83. The van der Waals surface area contributed by atoms with Crippen LogP contribution in [0.3, 0.4) is 0 Å². The lowest BCUT2D eigenvalue weighted by Crippen LogP contribution is -2.48. The second-order valence-corrected chi connectivity index (χ2v) is 11.0. The Morgan fingerprint density at radius 1 is 1.14 bits per heavy atom. The van der Waals surface area contributed by atoms with Gasteiger partial charge < -0.3 is 9.32 Å². The van der Waals surface area contributed by atoms with Gasteiger partial charge in [0.2, 0.25) is 11.8 Å². The first-order valence-electron chi connectivity index (χ1n) is 11.0. The first-order chi connectivity index (χ1) is 14.1. The Kier molecular flexibility index (Phi) is 4.09. The second kappa shape index (κ2) is 6.59. The number of fused-ring (bicyclic) bond motifs is 1. The van der Waals surface area contributed by atoms with Crippen LogP contribution in [0.1, 0.15) is 56.9 Å². The molecule has 1 aromatic heterocycles. The van der Waals surface area contributed by atoms with Crippen LogP contribution in [-0.2, 0) is 16.6 Å². The van der Waals surface area contributed by atoms with Gasteiger partial charge >= 0.3 is 0 Å². The monoisotopic (exact) mass is 409 g/mol. The third-order valence-corrected chi connectivity index (χ3v) is 8.60. The predicted molar refractivity (Wildman–Crippen MR) is 112 cm³/mol. The first kappa shape index (κ1) is 18.0. The summed E-state index contributed by atoms with van der Waals surface area (Å²) in [4.78, 5) is 15.0. The fraction of sp³-hybridized carbons (Fsp3) is 0.609. The van der Waals surface area contributed by atoms with Crippen molar-refractivity contribution in [3.05, 3.63) is 35.7 Å². The van der Waals surface area contributed by atoms with Crippen molar-refractivity contribution in [1.29, 1.82) is 0 Å². The van der Waals surface area contributed by atoms with E-state index in [2.05, 4.69) is 16.3 Å².